The van der Waals surface area contributed by atoms with E-state index >= 15 is 0 Å². The lowest BCUT2D eigenvalue weighted by molar-refractivity contribution is -0.136. The van der Waals surface area contributed by atoms with Gasteiger partial charge >= 0.3 is 5.97 Å². The van der Waals surface area contributed by atoms with Crippen LogP contribution in [-0.4, -0.2) is 15.6 Å². The van der Waals surface area contributed by atoms with E-state index in [-0.39, 0.29) is 6.42 Å². The lowest BCUT2D eigenvalue weighted by Gasteiger charge is -2.14. The van der Waals surface area contributed by atoms with Crippen molar-refractivity contribution in [3.8, 4) is 16.9 Å². The van der Waals surface area contributed by atoms with E-state index in [1.807, 2.05) is 6.07 Å². The third-order valence-electron chi connectivity index (χ3n) is 4.51. The molecule has 1 N–H and O–H groups in total. The maximum absolute atomic E-state index is 11.0. The highest BCUT2D eigenvalue weighted by atomic mass is 16.4. The molecule has 1 heterocycles. The van der Waals surface area contributed by atoms with Crippen molar-refractivity contribution in [3.05, 3.63) is 77.5 Å². The van der Waals surface area contributed by atoms with Gasteiger partial charge in [0.1, 0.15) is 0 Å². The summed E-state index contributed by atoms with van der Waals surface area (Å²) in [5.74, 6) is -0.772. The Morgan fingerprint density at radius 3 is 2.24 bits per heavy atom. The van der Waals surface area contributed by atoms with Crippen LogP contribution in [0.4, 0.5) is 0 Å². The van der Waals surface area contributed by atoms with Crippen molar-refractivity contribution >= 4 is 5.97 Å². The number of aromatic nitrogens is 1. The van der Waals surface area contributed by atoms with E-state index in [1.54, 1.807) is 0 Å². The maximum Gasteiger partial charge on any atom is 0.303 e. The van der Waals surface area contributed by atoms with Crippen LogP contribution in [-0.2, 0) is 17.6 Å². The van der Waals surface area contributed by atoms with E-state index in [1.165, 1.54) is 11.1 Å². The summed E-state index contributed by atoms with van der Waals surface area (Å²) >= 11 is 0. The molecule has 0 atom stereocenters. The number of hydrogen-bond donors (Lipinski definition) is 1. The average molecular weight is 333 g/mol. The molecule has 0 bridgehead atoms. The van der Waals surface area contributed by atoms with Gasteiger partial charge in [-0.05, 0) is 55.2 Å². The van der Waals surface area contributed by atoms with E-state index in [2.05, 4.69) is 73.0 Å². The van der Waals surface area contributed by atoms with Gasteiger partial charge in [-0.1, -0.05) is 48.9 Å². The second-order valence-electron chi connectivity index (χ2n) is 6.33. The first-order chi connectivity index (χ1) is 12.1. The number of benzene rings is 2. The van der Waals surface area contributed by atoms with Crippen LogP contribution in [0.5, 0.6) is 0 Å². The minimum absolute atomic E-state index is 0.129. The Morgan fingerprint density at radius 2 is 1.64 bits per heavy atom. The first-order valence-electron chi connectivity index (χ1n) is 8.67. The molecule has 0 amide bonds. The fraction of sp³-hybridized carbons (Fsp3) is 0.227. The lowest BCUT2D eigenvalue weighted by Crippen LogP contribution is -2.05. The quantitative estimate of drug-likeness (QED) is 0.687. The fourth-order valence-corrected chi connectivity index (χ4v) is 3.04. The van der Waals surface area contributed by atoms with Crippen molar-refractivity contribution in [2.75, 3.05) is 0 Å². The summed E-state index contributed by atoms with van der Waals surface area (Å²) in [7, 11) is 0. The molecule has 0 saturated carbocycles. The third kappa shape index (κ3) is 3.82. The van der Waals surface area contributed by atoms with Gasteiger partial charge in [0, 0.05) is 11.4 Å². The van der Waals surface area contributed by atoms with Crippen molar-refractivity contribution in [2.24, 2.45) is 0 Å². The molecule has 3 heteroatoms. The van der Waals surface area contributed by atoms with Gasteiger partial charge in [0.2, 0.25) is 0 Å². The first kappa shape index (κ1) is 17.0. The monoisotopic (exact) mass is 333 g/mol. The third-order valence-corrected chi connectivity index (χ3v) is 4.51. The number of aryl methyl sites for hydroxylation is 3. The van der Waals surface area contributed by atoms with Crippen LogP contribution in [0.25, 0.3) is 16.9 Å². The molecule has 3 rings (SSSR count). The molecule has 0 aliphatic heterocycles. The van der Waals surface area contributed by atoms with Crippen molar-refractivity contribution in [3.63, 3.8) is 0 Å². The molecule has 0 aliphatic rings. The zero-order valence-corrected chi connectivity index (χ0v) is 14.7. The maximum atomic E-state index is 11.0. The highest BCUT2D eigenvalue weighted by Gasteiger charge is 2.13. The molecule has 0 fully saturated rings. The predicted molar refractivity (Wildman–Crippen MR) is 101 cm³/mol. The summed E-state index contributed by atoms with van der Waals surface area (Å²) in [5.41, 5.74) is 6.82. The molecule has 3 nitrogen and oxygen atoms in total. The molecule has 128 valence electrons. The molecule has 25 heavy (non-hydrogen) atoms. The zero-order chi connectivity index (χ0) is 17.8. The lowest BCUT2D eigenvalue weighted by atomic mass is 10.1. The highest BCUT2D eigenvalue weighted by Crippen LogP contribution is 2.28. The average Bonchev–Trinajstić information content (AvgIpc) is 3.04. The number of carboxylic acids is 1. The van der Waals surface area contributed by atoms with Crippen LogP contribution in [0.3, 0.4) is 0 Å². The van der Waals surface area contributed by atoms with Crippen LogP contribution in [0.15, 0.2) is 60.7 Å². The van der Waals surface area contributed by atoms with Gasteiger partial charge in [0.05, 0.1) is 12.1 Å². The Labute approximate surface area is 148 Å². The summed E-state index contributed by atoms with van der Waals surface area (Å²) in [6.07, 6.45) is 1.64. The number of carbonyl (C=O) groups is 1. The number of carboxylic acid groups (broad SMARTS) is 1. The van der Waals surface area contributed by atoms with Gasteiger partial charge in [-0.3, -0.25) is 4.79 Å². The van der Waals surface area contributed by atoms with E-state index in [0.717, 1.165) is 29.1 Å². The molecule has 1 aromatic heterocycles. The Kier molecular flexibility index (Phi) is 5.03. The summed E-state index contributed by atoms with van der Waals surface area (Å²) in [6, 6.07) is 21.0. The van der Waals surface area contributed by atoms with Crippen molar-refractivity contribution in [1.29, 1.82) is 0 Å². The summed E-state index contributed by atoms with van der Waals surface area (Å²) in [5, 5.41) is 9.05. The van der Waals surface area contributed by atoms with Crippen LogP contribution in [0.2, 0.25) is 0 Å². The van der Waals surface area contributed by atoms with Gasteiger partial charge in [0.25, 0.3) is 0 Å². The number of rotatable bonds is 6. The molecule has 0 aliphatic carbocycles. The minimum atomic E-state index is -0.772. The minimum Gasteiger partial charge on any atom is -0.481 e. The van der Waals surface area contributed by atoms with E-state index in [9.17, 15) is 4.79 Å². The zero-order valence-electron chi connectivity index (χ0n) is 14.7. The second kappa shape index (κ2) is 7.39. The Hall–Kier alpha value is -2.81. The largest absolute Gasteiger partial charge is 0.481 e. The smallest absolute Gasteiger partial charge is 0.303 e. The molecule has 2 aromatic carbocycles. The molecule has 0 unspecified atom stereocenters. The SMILES string of the molecule is CCc1ccc(-n2c(CCC(=O)O)ccc2-c2ccc(C)cc2)cc1. The predicted octanol–water partition coefficient (Wildman–Crippen LogP) is 5.03. The summed E-state index contributed by atoms with van der Waals surface area (Å²) in [6.45, 7) is 4.21. The van der Waals surface area contributed by atoms with Gasteiger partial charge in [-0.2, -0.15) is 0 Å². The second-order valence-corrected chi connectivity index (χ2v) is 6.33. The van der Waals surface area contributed by atoms with Crippen LogP contribution in [0, 0.1) is 6.92 Å². The molecule has 0 radical (unpaired) electrons. The first-order valence-corrected chi connectivity index (χ1v) is 8.67. The van der Waals surface area contributed by atoms with E-state index < -0.39 is 5.97 Å². The van der Waals surface area contributed by atoms with E-state index in [0.29, 0.717) is 6.42 Å². The Balaban J connectivity index is 2.08. The normalized spacial score (nSPS) is 10.8. The molecular weight excluding hydrogens is 310 g/mol. The Bertz CT molecular complexity index is 858. The number of aliphatic carboxylic acids is 1. The summed E-state index contributed by atoms with van der Waals surface area (Å²) in [4.78, 5) is 11.0. The fourth-order valence-electron chi connectivity index (χ4n) is 3.04. The number of nitrogens with zero attached hydrogens (tertiary/aromatic N) is 1. The Morgan fingerprint density at radius 1 is 0.960 bits per heavy atom. The molecule has 3 aromatic rings. The van der Waals surface area contributed by atoms with Gasteiger partial charge in [0.15, 0.2) is 0 Å². The molecule has 0 spiro atoms. The standard InChI is InChI=1S/C22H23NO2/c1-3-17-6-10-19(11-7-17)23-20(13-15-22(24)25)12-14-21(23)18-8-4-16(2)5-9-18/h4-12,14H,3,13,15H2,1-2H3,(H,24,25). The van der Waals surface area contributed by atoms with Crippen molar-refractivity contribution < 1.29 is 9.90 Å². The highest BCUT2D eigenvalue weighted by molar-refractivity contribution is 5.68. The number of hydrogen-bond acceptors (Lipinski definition) is 1. The van der Waals surface area contributed by atoms with Crippen LogP contribution < -0.4 is 0 Å². The van der Waals surface area contributed by atoms with E-state index in [4.69, 9.17) is 5.11 Å². The van der Waals surface area contributed by atoms with Gasteiger partial charge in [-0.15, -0.1) is 0 Å². The van der Waals surface area contributed by atoms with Crippen molar-refractivity contribution in [1.82, 2.24) is 4.57 Å². The topological polar surface area (TPSA) is 42.2 Å². The molecular formula is C22H23NO2. The van der Waals surface area contributed by atoms with Crippen LogP contribution >= 0.6 is 0 Å². The van der Waals surface area contributed by atoms with Gasteiger partial charge in [-0.25, -0.2) is 0 Å². The van der Waals surface area contributed by atoms with Crippen LogP contribution in [0.1, 0.15) is 30.2 Å². The summed E-state index contributed by atoms with van der Waals surface area (Å²) < 4.78 is 2.17. The molecule has 0 saturated heterocycles. The van der Waals surface area contributed by atoms with Gasteiger partial charge < -0.3 is 9.67 Å². The van der Waals surface area contributed by atoms with Crippen molar-refractivity contribution in [2.45, 2.75) is 33.1 Å².